The van der Waals surface area contributed by atoms with E-state index in [1.807, 2.05) is 11.9 Å². The van der Waals surface area contributed by atoms with Crippen LogP contribution < -0.4 is 10.1 Å². The van der Waals surface area contributed by atoms with Gasteiger partial charge in [0.25, 0.3) is 5.91 Å². The summed E-state index contributed by atoms with van der Waals surface area (Å²) >= 11 is 0. The van der Waals surface area contributed by atoms with E-state index in [4.69, 9.17) is 11.2 Å². The second-order valence-electron chi connectivity index (χ2n) is 7.46. The van der Waals surface area contributed by atoms with Crippen LogP contribution in [0, 0.1) is 12.3 Å². The highest BCUT2D eigenvalue weighted by atomic mass is 19.4. The van der Waals surface area contributed by atoms with Gasteiger partial charge in [0.2, 0.25) is 0 Å². The molecule has 3 rings (SSSR count). The van der Waals surface area contributed by atoms with Crippen LogP contribution in [0.3, 0.4) is 0 Å². The molecule has 1 aliphatic heterocycles. The van der Waals surface area contributed by atoms with Gasteiger partial charge in [0.05, 0.1) is 18.2 Å². The lowest BCUT2D eigenvalue weighted by Gasteiger charge is -2.33. The standard InChI is InChI=1S/C23H24F3N3O2/c1-4-16-13-17(6-8-21(16)31-3)22(30)27-19-7-5-18(20(14-19)23(24,25)26)15-29-11-9-28(2)10-12-29/h1,5-8,13-14H,9-12,15H2,2-3H3,(H,27,30). The Balaban J connectivity index is 1.81. The zero-order valence-corrected chi connectivity index (χ0v) is 17.4. The minimum atomic E-state index is -4.53. The molecule has 1 N–H and O–H groups in total. The number of amides is 1. The molecule has 0 spiro atoms. The molecule has 0 atom stereocenters. The van der Waals surface area contributed by atoms with E-state index >= 15 is 0 Å². The number of benzene rings is 2. The first-order valence-corrected chi connectivity index (χ1v) is 9.78. The molecule has 1 amide bonds. The maximum Gasteiger partial charge on any atom is 0.416 e. The van der Waals surface area contributed by atoms with Gasteiger partial charge in [0, 0.05) is 44.0 Å². The van der Waals surface area contributed by atoms with E-state index in [9.17, 15) is 18.0 Å². The van der Waals surface area contributed by atoms with Crippen LogP contribution in [0.4, 0.5) is 18.9 Å². The van der Waals surface area contributed by atoms with Crippen LogP contribution in [0.2, 0.25) is 0 Å². The molecule has 2 aromatic carbocycles. The van der Waals surface area contributed by atoms with Crippen molar-refractivity contribution in [2.45, 2.75) is 12.7 Å². The molecule has 0 aromatic heterocycles. The van der Waals surface area contributed by atoms with Gasteiger partial charge in [0.1, 0.15) is 5.75 Å². The van der Waals surface area contributed by atoms with Crippen LogP contribution in [-0.2, 0) is 12.7 Å². The summed E-state index contributed by atoms with van der Waals surface area (Å²) in [7, 11) is 3.45. The largest absolute Gasteiger partial charge is 0.495 e. The summed E-state index contributed by atoms with van der Waals surface area (Å²) < 4.78 is 46.3. The van der Waals surface area contributed by atoms with Crippen LogP contribution in [0.5, 0.6) is 5.75 Å². The summed E-state index contributed by atoms with van der Waals surface area (Å²) in [5.41, 5.74) is 0.118. The second-order valence-corrected chi connectivity index (χ2v) is 7.46. The number of alkyl halides is 3. The van der Waals surface area contributed by atoms with Crippen LogP contribution in [-0.4, -0.2) is 56.0 Å². The van der Waals surface area contributed by atoms with Crippen molar-refractivity contribution in [3.63, 3.8) is 0 Å². The quantitative estimate of drug-likeness (QED) is 0.734. The highest BCUT2D eigenvalue weighted by molar-refractivity contribution is 6.04. The third-order valence-electron chi connectivity index (χ3n) is 5.28. The number of carbonyl (C=O) groups excluding carboxylic acids is 1. The van der Waals surface area contributed by atoms with Crippen molar-refractivity contribution < 1.29 is 22.7 Å². The number of nitrogens with zero attached hydrogens (tertiary/aromatic N) is 2. The molecule has 0 radical (unpaired) electrons. The number of nitrogens with one attached hydrogen (secondary N) is 1. The van der Waals surface area contributed by atoms with Crippen molar-refractivity contribution in [3.8, 4) is 18.1 Å². The van der Waals surface area contributed by atoms with Gasteiger partial charge < -0.3 is 15.0 Å². The van der Waals surface area contributed by atoms with Gasteiger partial charge in [-0.3, -0.25) is 9.69 Å². The minimum Gasteiger partial charge on any atom is -0.495 e. The number of anilines is 1. The van der Waals surface area contributed by atoms with E-state index in [0.717, 1.165) is 19.2 Å². The zero-order chi connectivity index (χ0) is 22.6. The van der Waals surface area contributed by atoms with Gasteiger partial charge in [-0.2, -0.15) is 13.2 Å². The Morgan fingerprint density at radius 2 is 1.87 bits per heavy atom. The Morgan fingerprint density at radius 3 is 2.48 bits per heavy atom. The fraction of sp³-hybridized carbons (Fsp3) is 0.348. The number of terminal acetylenes is 1. The number of carbonyl (C=O) groups is 1. The minimum absolute atomic E-state index is 0.0672. The first-order valence-electron chi connectivity index (χ1n) is 9.78. The maximum absolute atomic E-state index is 13.7. The second kappa shape index (κ2) is 9.41. The number of likely N-dealkylation sites (N-methyl/N-ethyl adjacent to an activating group) is 1. The SMILES string of the molecule is C#Cc1cc(C(=O)Nc2ccc(CN3CCN(C)CC3)c(C(F)(F)F)c2)ccc1OC. The highest BCUT2D eigenvalue weighted by Gasteiger charge is 2.34. The van der Waals surface area contributed by atoms with Crippen LogP contribution in [0.15, 0.2) is 36.4 Å². The topological polar surface area (TPSA) is 44.8 Å². The molecule has 0 bridgehead atoms. The lowest BCUT2D eigenvalue weighted by Crippen LogP contribution is -2.44. The van der Waals surface area contributed by atoms with E-state index in [1.165, 1.54) is 31.4 Å². The lowest BCUT2D eigenvalue weighted by molar-refractivity contribution is -0.138. The molecule has 1 saturated heterocycles. The van der Waals surface area contributed by atoms with Gasteiger partial charge in [-0.15, -0.1) is 6.42 Å². The third kappa shape index (κ3) is 5.57. The molecule has 2 aromatic rings. The molecule has 1 aliphatic rings. The fourth-order valence-corrected chi connectivity index (χ4v) is 3.47. The molecule has 1 heterocycles. The number of hydrogen-bond donors (Lipinski definition) is 1. The predicted molar refractivity (Wildman–Crippen MR) is 113 cm³/mol. The van der Waals surface area contributed by atoms with E-state index < -0.39 is 17.6 Å². The number of hydrogen-bond acceptors (Lipinski definition) is 4. The van der Waals surface area contributed by atoms with E-state index in [0.29, 0.717) is 24.4 Å². The van der Waals surface area contributed by atoms with Crippen molar-refractivity contribution in [3.05, 3.63) is 58.7 Å². The van der Waals surface area contributed by atoms with E-state index in [1.54, 1.807) is 6.07 Å². The Hall–Kier alpha value is -3.02. The molecule has 0 saturated carbocycles. The van der Waals surface area contributed by atoms with E-state index in [2.05, 4.69) is 16.1 Å². The summed E-state index contributed by atoms with van der Waals surface area (Å²) in [6.45, 7) is 3.26. The zero-order valence-electron chi connectivity index (χ0n) is 17.4. The summed E-state index contributed by atoms with van der Waals surface area (Å²) in [6.07, 6.45) is 0.895. The summed E-state index contributed by atoms with van der Waals surface area (Å²) in [5, 5.41) is 2.53. The van der Waals surface area contributed by atoms with Crippen molar-refractivity contribution in [1.29, 1.82) is 0 Å². The number of halogens is 3. The molecule has 1 fully saturated rings. The Morgan fingerprint density at radius 1 is 1.16 bits per heavy atom. The van der Waals surface area contributed by atoms with E-state index in [-0.39, 0.29) is 23.4 Å². The van der Waals surface area contributed by atoms with Gasteiger partial charge in [0.15, 0.2) is 0 Å². The van der Waals surface area contributed by atoms with Crippen LogP contribution >= 0.6 is 0 Å². The Labute approximate surface area is 179 Å². The number of piperazine rings is 1. The number of ether oxygens (including phenoxy) is 1. The maximum atomic E-state index is 13.7. The first kappa shape index (κ1) is 22.7. The molecule has 0 unspecified atom stereocenters. The average molecular weight is 431 g/mol. The molecular formula is C23H24F3N3O2. The lowest BCUT2D eigenvalue weighted by atomic mass is 10.0. The Kier molecular flexibility index (Phi) is 6.88. The van der Waals surface area contributed by atoms with Crippen molar-refractivity contribution in [2.24, 2.45) is 0 Å². The van der Waals surface area contributed by atoms with Crippen molar-refractivity contribution in [2.75, 3.05) is 45.7 Å². The number of rotatable bonds is 5. The smallest absolute Gasteiger partial charge is 0.416 e. The summed E-state index contributed by atoms with van der Waals surface area (Å²) in [6, 6.07) is 8.41. The van der Waals surface area contributed by atoms with Crippen molar-refractivity contribution >= 4 is 11.6 Å². The molecule has 164 valence electrons. The fourth-order valence-electron chi connectivity index (χ4n) is 3.47. The third-order valence-corrected chi connectivity index (χ3v) is 5.28. The van der Waals surface area contributed by atoms with Crippen LogP contribution in [0.1, 0.15) is 27.0 Å². The predicted octanol–water partition coefficient (Wildman–Crippen LogP) is 3.70. The highest BCUT2D eigenvalue weighted by Crippen LogP contribution is 2.34. The normalized spacial score (nSPS) is 15.4. The molecule has 31 heavy (non-hydrogen) atoms. The number of methoxy groups -OCH3 is 1. The molecule has 0 aliphatic carbocycles. The van der Waals surface area contributed by atoms with Gasteiger partial charge in [-0.1, -0.05) is 12.0 Å². The Bertz CT molecular complexity index is 991. The first-order chi connectivity index (χ1) is 14.7. The average Bonchev–Trinajstić information content (AvgIpc) is 2.75. The van der Waals surface area contributed by atoms with Gasteiger partial charge in [-0.25, -0.2) is 0 Å². The summed E-state index contributed by atoms with van der Waals surface area (Å²) in [4.78, 5) is 16.7. The van der Waals surface area contributed by atoms with Gasteiger partial charge >= 0.3 is 6.18 Å². The molecular weight excluding hydrogens is 407 g/mol. The van der Waals surface area contributed by atoms with Crippen molar-refractivity contribution in [1.82, 2.24) is 9.80 Å². The molecule has 5 nitrogen and oxygen atoms in total. The molecule has 8 heteroatoms. The van der Waals surface area contributed by atoms with Gasteiger partial charge in [-0.05, 0) is 42.9 Å². The summed E-state index contributed by atoms with van der Waals surface area (Å²) in [5.74, 6) is 2.30. The monoisotopic (exact) mass is 431 g/mol. The van der Waals surface area contributed by atoms with Crippen LogP contribution in [0.25, 0.3) is 0 Å².